The number of aliphatic imine (C=N–C) groups is 1. The highest BCUT2D eigenvalue weighted by atomic mass is 127. The number of guanidine groups is 1. The largest absolute Gasteiger partial charge is 0.357 e. The topological polar surface area (TPSA) is 56.7 Å². The van der Waals surface area contributed by atoms with Crippen LogP contribution in [-0.4, -0.2) is 42.9 Å². The van der Waals surface area contributed by atoms with Crippen molar-refractivity contribution >= 4 is 35.8 Å². The number of carbonyl (C=O) groups excluding carboxylic acids is 1. The summed E-state index contributed by atoms with van der Waals surface area (Å²) in [6, 6.07) is 18.2. The van der Waals surface area contributed by atoms with Crippen molar-refractivity contribution in [2.45, 2.75) is 40.2 Å². The summed E-state index contributed by atoms with van der Waals surface area (Å²) < 4.78 is 0. The number of hydrogen-bond acceptors (Lipinski definition) is 2. The van der Waals surface area contributed by atoms with Crippen LogP contribution in [0.1, 0.15) is 55.1 Å². The van der Waals surface area contributed by atoms with E-state index < -0.39 is 0 Å². The molecule has 0 aromatic heterocycles. The van der Waals surface area contributed by atoms with E-state index in [9.17, 15) is 4.79 Å². The SMILES string of the molecule is CCNC(=NCc1ccc(C(=O)N(CC)CC)cc1)NCC(C)c1ccccc1.I. The van der Waals surface area contributed by atoms with E-state index in [0.29, 0.717) is 12.5 Å². The molecule has 0 fully saturated rings. The lowest BCUT2D eigenvalue weighted by atomic mass is 10.0. The van der Waals surface area contributed by atoms with Crippen LogP contribution in [0.4, 0.5) is 0 Å². The Hall–Kier alpha value is -2.09. The third kappa shape index (κ3) is 7.97. The summed E-state index contributed by atoms with van der Waals surface area (Å²) in [6.45, 7) is 11.9. The zero-order chi connectivity index (χ0) is 21.1. The van der Waals surface area contributed by atoms with Gasteiger partial charge in [0.1, 0.15) is 0 Å². The first-order valence-corrected chi connectivity index (χ1v) is 10.5. The zero-order valence-corrected chi connectivity index (χ0v) is 20.9. The van der Waals surface area contributed by atoms with E-state index in [1.165, 1.54) is 5.56 Å². The number of rotatable bonds is 9. The second-order valence-electron chi connectivity index (χ2n) is 7.06. The molecule has 1 atom stereocenters. The van der Waals surface area contributed by atoms with Crippen LogP contribution in [0.3, 0.4) is 0 Å². The molecule has 0 spiro atoms. The molecule has 0 aliphatic heterocycles. The maximum atomic E-state index is 12.4. The average Bonchev–Trinajstić information content (AvgIpc) is 2.77. The maximum absolute atomic E-state index is 12.4. The Labute approximate surface area is 198 Å². The molecule has 0 aliphatic rings. The monoisotopic (exact) mass is 522 g/mol. The third-order valence-electron chi connectivity index (χ3n) is 4.96. The predicted molar refractivity (Wildman–Crippen MR) is 137 cm³/mol. The first kappa shape index (κ1) is 25.9. The molecule has 0 saturated heterocycles. The fraction of sp³-hybridized carbons (Fsp3) is 0.417. The molecule has 2 rings (SSSR count). The van der Waals surface area contributed by atoms with E-state index in [0.717, 1.165) is 43.3 Å². The Bertz CT molecular complexity index is 774. The molecule has 6 heteroatoms. The van der Waals surface area contributed by atoms with Crippen molar-refractivity contribution in [1.29, 1.82) is 0 Å². The number of halogens is 1. The second kappa shape index (κ2) is 14.0. The van der Waals surface area contributed by atoms with Crippen LogP contribution in [0.25, 0.3) is 0 Å². The van der Waals surface area contributed by atoms with E-state index >= 15 is 0 Å². The van der Waals surface area contributed by atoms with Gasteiger partial charge in [-0.15, -0.1) is 24.0 Å². The Balaban J connectivity index is 0.00000450. The number of nitrogens with zero attached hydrogens (tertiary/aromatic N) is 2. The average molecular weight is 522 g/mol. The predicted octanol–water partition coefficient (Wildman–Crippen LogP) is 4.65. The van der Waals surface area contributed by atoms with Gasteiger partial charge in [0.25, 0.3) is 5.91 Å². The van der Waals surface area contributed by atoms with Crippen molar-refractivity contribution in [3.63, 3.8) is 0 Å². The molecule has 2 N–H and O–H groups in total. The Morgan fingerprint density at radius 1 is 0.967 bits per heavy atom. The van der Waals surface area contributed by atoms with Gasteiger partial charge < -0.3 is 15.5 Å². The van der Waals surface area contributed by atoms with Crippen LogP contribution in [0.2, 0.25) is 0 Å². The van der Waals surface area contributed by atoms with E-state index in [1.807, 2.05) is 49.1 Å². The van der Waals surface area contributed by atoms with Gasteiger partial charge in [-0.05, 0) is 49.9 Å². The number of amides is 1. The van der Waals surface area contributed by atoms with Crippen LogP contribution >= 0.6 is 24.0 Å². The van der Waals surface area contributed by atoms with Crippen LogP contribution < -0.4 is 10.6 Å². The summed E-state index contributed by atoms with van der Waals surface area (Å²) in [4.78, 5) is 18.9. The highest BCUT2D eigenvalue weighted by Crippen LogP contribution is 2.13. The van der Waals surface area contributed by atoms with Crippen molar-refractivity contribution < 1.29 is 4.79 Å². The molecule has 0 radical (unpaired) electrons. The van der Waals surface area contributed by atoms with Gasteiger partial charge >= 0.3 is 0 Å². The number of benzene rings is 2. The van der Waals surface area contributed by atoms with E-state index in [-0.39, 0.29) is 29.9 Å². The van der Waals surface area contributed by atoms with Crippen LogP contribution in [0.15, 0.2) is 59.6 Å². The van der Waals surface area contributed by atoms with Crippen molar-refractivity contribution in [2.24, 2.45) is 4.99 Å². The fourth-order valence-corrected chi connectivity index (χ4v) is 3.11. The molecule has 0 bridgehead atoms. The lowest BCUT2D eigenvalue weighted by Crippen LogP contribution is -2.39. The van der Waals surface area contributed by atoms with E-state index in [1.54, 1.807) is 0 Å². The van der Waals surface area contributed by atoms with E-state index in [4.69, 9.17) is 4.99 Å². The van der Waals surface area contributed by atoms with Gasteiger partial charge in [0.2, 0.25) is 0 Å². The number of carbonyl (C=O) groups is 1. The number of nitrogens with one attached hydrogen (secondary N) is 2. The fourth-order valence-electron chi connectivity index (χ4n) is 3.11. The molecule has 1 unspecified atom stereocenters. The first-order valence-electron chi connectivity index (χ1n) is 10.5. The summed E-state index contributed by atoms with van der Waals surface area (Å²) in [5, 5.41) is 6.72. The third-order valence-corrected chi connectivity index (χ3v) is 4.96. The maximum Gasteiger partial charge on any atom is 0.253 e. The summed E-state index contributed by atoms with van der Waals surface area (Å²) in [7, 11) is 0. The molecule has 164 valence electrons. The zero-order valence-electron chi connectivity index (χ0n) is 18.5. The van der Waals surface area contributed by atoms with Gasteiger partial charge in [-0.3, -0.25) is 4.79 Å². The first-order chi connectivity index (χ1) is 14.1. The molecule has 2 aromatic carbocycles. The smallest absolute Gasteiger partial charge is 0.253 e. The lowest BCUT2D eigenvalue weighted by molar-refractivity contribution is 0.0773. The normalized spacial score (nSPS) is 11.9. The van der Waals surface area contributed by atoms with Gasteiger partial charge in [0, 0.05) is 31.7 Å². The lowest BCUT2D eigenvalue weighted by Gasteiger charge is -2.18. The summed E-state index contributed by atoms with van der Waals surface area (Å²) in [6.07, 6.45) is 0. The highest BCUT2D eigenvalue weighted by Gasteiger charge is 2.12. The quantitative estimate of drug-likeness (QED) is 0.287. The molecular formula is C24H35IN4O. The van der Waals surface area contributed by atoms with Crippen molar-refractivity contribution in [2.75, 3.05) is 26.2 Å². The molecular weight excluding hydrogens is 487 g/mol. The van der Waals surface area contributed by atoms with E-state index in [2.05, 4.69) is 48.7 Å². The van der Waals surface area contributed by atoms with Gasteiger partial charge in [-0.1, -0.05) is 49.4 Å². The molecule has 2 aromatic rings. The minimum atomic E-state index is 0. The van der Waals surface area contributed by atoms with Crippen LogP contribution in [0, 0.1) is 0 Å². The molecule has 1 amide bonds. The molecule has 5 nitrogen and oxygen atoms in total. The van der Waals surface area contributed by atoms with Crippen LogP contribution in [0.5, 0.6) is 0 Å². The summed E-state index contributed by atoms with van der Waals surface area (Å²) in [5.74, 6) is 1.28. The van der Waals surface area contributed by atoms with Crippen molar-refractivity contribution in [3.8, 4) is 0 Å². The molecule has 0 heterocycles. The van der Waals surface area contributed by atoms with Gasteiger partial charge in [0.05, 0.1) is 6.54 Å². The highest BCUT2D eigenvalue weighted by molar-refractivity contribution is 14.0. The molecule has 0 saturated carbocycles. The molecule has 30 heavy (non-hydrogen) atoms. The second-order valence-corrected chi connectivity index (χ2v) is 7.06. The van der Waals surface area contributed by atoms with Gasteiger partial charge in [0.15, 0.2) is 5.96 Å². The summed E-state index contributed by atoms with van der Waals surface area (Å²) in [5.41, 5.74) is 3.11. The minimum Gasteiger partial charge on any atom is -0.357 e. The van der Waals surface area contributed by atoms with Gasteiger partial charge in [-0.25, -0.2) is 4.99 Å². The Morgan fingerprint density at radius 2 is 1.60 bits per heavy atom. The summed E-state index contributed by atoms with van der Waals surface area (Å²) >= 11 is 0. The van der Waals surface area contributed by atoms with Crippen LogP contribution in [-0.2, 0) is 6.54 Å². The van der Waals surface area contributed by atoms with Crippen molar-refractivity contribution in [1.82, 2.24) is 15.5 Å². The standard InChI is InChI=1S/C24H34N4O.HI/c1-5-25-24(26-17-19(4)21-11-9-8-10-12-21)27-18-20-13-15-22(16-14-20)23(29)28(6-2)7-3;/h8-16,19H,5-7,17-18H2,1-4H3,(H2,25,26,27);1H. The Kier molecular flexibility index (Phi) is 12.1. The van der Waals surface area contributed by atoms with Gasteiger partial charge in [-0.2, -0.15) is 0 Å². The van der Waals surface area contributed by atoms with Crippen molar-refractivity contribution in [3.05, 3.63) is 71.3 Å². The minimum absolute atomic E-state index is 0. The molecule has 0 aliphatic carbocycles. The Morgan fingerprint density at radius 3 is 2.17 bits per heavy atom. The number of hydrogen-bond donors (Lipinski definition) is 2.